The highest BCUT2D eigenvalue weighted by Gasteiger charge is 2.38. The number of aryl methyl sites for hydroxylation is 1. The molecule has 0 radical (unpaired) electrons. The lowest BCUT2D eigenvalue weighted by Gasteiger charge is -2.25. The third kappa shape index (κ3) is 4.87. The number of halogens is 4. The van der Waals surface area contributed by atoms with Crippen molar-refractivity contribution in [1.82, 2.24) is 9.91 Å². The Kier molecular flexibility index (Phi) is 6.37. The Hall–Kier alpha value is -2.68. The van der Waals surface area contributed by atoms with Gasteiger partial charge >= 0.3 is 6.18 Å². The minimum atomic E-state index is -4.38. The molecule has 2 aliphatic rings. The molecule has 9 heteroatoms. The molecule has 1 unspecified atom stereocenters. The van der Waals surface area contributed by atoms with Crippen LogP contribution >= 0.6 is 15.9 Å². The molecule has 0 aromatic heterocycles. The van der Waals surface area contributed by atoms with Crippen molar-refractivity contribution in [2.75, 3.05) is 13.1 Å². The molecule has 2 aromatic rings. The summed E-state index contributed by atoms with van der Waals surface area (Å²) >= 11 is 3.41. The van der Waals surface area contributed by atoms with E-state index in [1.165, 1.54) is 17.1 Å². The van der Waals surface area contributed by atoms with Gasteiger partial charge in [0, 0.05) is 29.4 Å². The molecule has 2 heterocycles. The molecule has 1 saturated heterocycles. The van der Waals surface area contributed by atoms with Crippen LogP contribution in [0.5, 0.6) is 0 Å². The highest BCUT2D eigenvalue weighted by atomic mass is 79.9. The molecule has 0 saturated carbocycles. The minimum absolute atomic E-state index is 0.0545. The first kappa shape index (κ1) is 22.5. The van der Waals surface area contributed by atoms with Gasteiger partial charge in [0.1, 0.15) is 0 Å². The Balaban J connectivity index is 1.48. The summed E-state index contributed by atoms with van der Waals surface area (Å²) in [6.07, 6.45) is -2.69. The summed E-state index contributed by atoms with van der Waals surface area (Å²) in [6.45, 7) is 0.912. The van der Waals surface area contributed by atoms with E-state index in [1.54, 1.807) is 4.90 Å². The van der Waals surface area contributed by atoms with Crippen molar-refractivity contribution in [2.45, 2.75) is 37.9 Å². The molecule has 5 nitrogen and oxygen atoms in total. The summed E-state index contributed by atoms with van der Waals surface area (Å²) in [6, 6.07) is 12.1. The molecule has 0 bridgehead atoms. The van der Waals surface area contributed by atoms with Gasteiger partial charge in [-0.25, -0.2) is 5.01 Å². The maximum atomic E-state index is 12.8. The fourth-order valence-corrected chi connectivity index (χ4v) is 4.27. The first-order valence-electron chi connectivity index (χ1n) is 10.3. The van der Waals surface area contributed by atoms with Gasteiger partial charge in [0.05, 0.1) is 23.9 Å². The van der Waals surface area contributed by atoms with Gasteiger partial charge < -0.3 is 4.90 Å². The van der Waals surface area contributed by atoms with Crippen molar-refractivity contribution in [1.29, 1.82) is 0 Å². The van der Waals surface area contributed by atoms with E-state index >= 15 is 0 Å². The second-order valence-corrected chi connectivity index (χ2v) is 8.78. The summed E-state index contributed by atoms with van der Waals surface area (Å²) in [5, 5.41) is 5.94. The average molecular weight is 508 g/mol. The number of benzene rings is 2. The predicted molar refractivity (Wildman–Crippen MR) is 117 cm³/mol. The van der Waals surface area contributed by atoms with Crippen LogP contribution < -0.4 is 0 Å². The van der Waals surface area contributed by atoms with Gasteiger partial charge in [0.25, 0.3) is 0 Å². The molecule has 2 aliphatic heterocycles. The Morgan fingerprint density at radius 1 is 1.09 bits per heavy atom. The standard InChI is InChI=1S/C23H21BrF3N3O2/c24-18-10-6-16(7-11-18)22-19(29-13-1-2-20(29)31)14-30(28-22)21(32)12-5-15-3-8-17(9-4-15)23(25,26)27/h3-4,6-11,19H,1-2,5,12-14H2. The molecular formula is C23H21BrF3N3O2. The van der Waals surface area contributed by atoms with Gasteiger partial charge in [-0.05, 0) is 42.7 Å². The zero-order valence-electron chi connectivity index (χ0n) is 17.1. The van der Waals surface area contributed by atoms with Crippen LogP contribution in [0.15, 0.2) is 58.1 Å². The van der Waals surface area contributed by atoms with Crippen molar-refractivity contribution in [2.24, 2.45) is 5.10 Å². The summed E-state index contributed by atoms with van der Waals surface area (Å²) in [7, 11) is 0. The number of carbonyl (C=O) groups excluding carboxylic acids is 2. The smallest absolute Gasteiger partial charge is 0.332 e. The van der Waals surface area contributed by atoms with Gasteiger partial charge in [0.15, 0.2) is 0 Å². The van der Waals surface area contributed by atoms with Crippen LogP contribution in [0.4, 0.5) is 13.2 Å². The molecule has 0 spiro atoms. The van der Waals surface area contributed by atoms with Crippen molar-refractivity contribution >= 4 is 33.5 Å². The highest BCUT2D eigenvalue weighted by molar-refractivity contribution is 9.10. The Morgan fingerprint density at radius 3 is 2.38 bits per heavy atom. The molecule has 32 heavy (non-hydrogen) atoms. The quantitative estimate of drug-likeness (QED) is 0.591. The molecule has 0 N–H and O–H groups in total. The first-order chi connectivity index (χ1) is 15.2. The number of likely N-dealkylation sites (tertiary alicyclic amines) is 1. The van der Waals surface area contributed by atoms with E-state index in [0.29, 0.717) is 30.7 Å². The van der Waals surface area contributed by atoms with E-state index < -0.39 is 11.7 Å². The van der Waals surface area contributed by atoms with Gasteiger partial charge in [-0.3, -0.25) is 9.59 Å². The molecule has 2 aromatic carbocycles. The van der Waals surface area contributed by atoms with Crippen LogP contribution in [-0.2, 0) is 22.2 Å². The number of hydrazone groups is 1. The molecule has 1 atom stereocenters. The second-order valence-electron chi connectivity index (χ2n) is 7.87. The summed E-state index contributed by atoms with van der Waals surface area (Å²) < 4.78 is 39.1. The number of rotatable bonds is 5. The summed E-state index contributed by atoms with van der Waals surface area (Å²) in [4.78, 5) is 27.0. The predicted octanol–water partition coefficient (Wildman–Crippen LogP) is 4.64. The Morgan fingerprint density at radius 2 is 1.78 bits per heavy atom. The normalized spacial score (nSPS) is 18.9. The van der Waals surface area contributed by atoms with Crippen LogP contribution in [0.3, 0.4) is 0 Å². The van der Waals surface area contributed by atoms with Crippen LogP contribution in [0.25, 0.3) is 0 Å². The van der Waals surface area contributed by atoms with E-state index in [2.05, 4.69) is 21.0 Å². The Labute approximate surface area is 192 Å². The van der Waals surface area contributed by atoms with E-state index in [9.17, 15) is 22.8 Å². The fraction of sp³-hybridized carbons (Fsp3) is 0.348. The third-order valence-electron chi connectivity index (χ3n) is 5.71. The summed E-state index contributed by atoms with van der Waals surface area (Å²) in [5.74, 6) is -0.174. The van der Waals surface area contributed by atoms with Crippen LogP contribution in [-0.4, -0.2) is 46.6 Å². The van der Waals surface area contributed by atoms with Gasteiger partial charge in [-0.2, -0.15) is 18.3 Å². The molecule has 0 aliphatic carbocycles. The second kappa shape index (κ2) is 9.05. The molecular weight excluding hydrogens is 487 g/mol. The average Bonchev–Trinajstić information content (AvgIpc) is 3.38. The zero-order valence-corrected chi connectivity index (χ0v) is 18.7. The maximum Gasteiger partial charge on any atom is 0.416 e. The number of nitrogens with zero attached hydrogens (tertiary/aromatic N) is 3. The summed E-state index contributed by atoms with van der Waals surface area (Å²) in [5.41, 5.74) is 1.45. The van der Waals surface area contributed by atoms with Crippen molar-refractivity contribution < 1.29 is 22.8 Å². The number of alkyl halides is 3. The molecule has 4 rings (SSSR count). The monoisotopic (exact) mass is 507 g/mol. The molecule has 2 amide bonds. The first-order valence-corrected chi connectivity index (χ1v) is 11.1. The molecule has 1 fully saturated rings. The fourth-order valence-electron chi connectivity index (χ4n) is 4.00. The van der Waals surface area contributed by atoms with Crippen molar-refractivity contribution in [3.8, 4) is 0 Å². The maximum absolute atomic E-state index is 12.8. The van der Waals surface area contributed by atoms with Crippen LogP contribution in [0.2, 0.25) is 0 Å². The van der Waals surface area contributed by atoms with Gasteiger partial charge in [-0.1, -0.05) is 40.2 Å². The number of hydrogen-bond acceptors (Lipinski definition) is 3. The highest BCUT2D eigenvalue weighted by Crippen LogP contribution is 2.29. The zero-order chi connectivity index (χ0) is 22.9. The van der Waals surface area contributed by atoms with Crippen molar-refractivity contribution in [3.05, 3.63) is 69.7 Å². The largest absolute Gasteiger partial charge is 0.416 e. The van der Waals surface area contributed by atoms with Crippen molar-refractivity contribution in [3.63, 3.8) is 0 Å². The van der Waals surface area contributed by atoms with E-state index in [1.807, 2.05) is 24.3 Å². The van der Waals surface area contributed by atoms with E-state index in [4.69, 9.17) is 0 Å². The number of amides is 2. The van der Waals surface area contributed by atoms with Crippen LogP contribution in [0.1, 0.15) is 36.0 Å². The lowest BCUT2D eigenvalue weighted by molar-refractivity contribution is -0.137. The van der Waals surface area contributed by atoms with E-state index in [-0.39, 0.29) is 30.8 Å². The number of carbonyl (C=O) groups is 2. The van der Waals surface area contributed by atoms with Crippen LogP contribution in [0, 0.1) is 0 Å². The Bertz CT molecular complexity index is 1040. The lowest BCUT2D eigenvalue weighted by atomic mass is 10.0. The minimum Gasteiger partial charge on any atom is -0.332 e. The van der Waals surface area contributed by atoms with Gasteiger partial charge in [-0.15, -0.1) is 0 Å². The topological polar surface area (TPSA) is 53.0 Å². The third-order valence-corrected chi connectivity index (χ3v) is 6.24. The number of hydrogen-bond donors (Lipinski definition) is 0. The van der Waals surface area contributed by atoms with Gasteiger partial charge in [0.2, 0.25) is 11.8 Å². The van der Waals surface area contributed by atoms with E-state index in [0.717, 1.165) is 28.6 Å². The molecule has 168 valence electrons. The SMILES string of the molecule is O=C(CCc1ccc(C(F)(F)F)cc1)N1CC(N2CCCC2=O)C(c2ccc(Br)cc2)=N1. The lowest BCUT2D eigenvalue weighted by Crippen LogP contribution is -2.44.